The first kappa shape index (κ1) is 13.7. The van der Waals surface area contributed by atoms with Gasteiger partial charge in [-0.05, 0) is 22.9 Å². The molecule has 0 saturated heterocycles. The number of hydrogen-bond donors (Lipinski definition) is 2. The van der Waals surface area contributed by atoms with E-state index in [1.807, 2.05) is 36.4 Å². The average molecular weight is 276 g/mol. The smallest absolute Gasteiger partial charge is 0.170 e. The summed E-state index contributed by atoms with van der Waals surface area (Å²) >= 11 is 1.73. The van der Waals surface area contributed by atoms with Crippen molar-refractivity contribution in [1.82, 2.24) is 0 Å². The Morgan fingerprint density at radius 2 is 2.00 bits per heavy atom. The molecule has 0 atom stereocenters. The molecule has 2 rings (SSSR count). The fraction of sp³-hybridized carbons (Fsp3) is 0.214. The van der Waals surface area contributed by atoms with Crippen molar-refractivity contribution >= 4 is 28.4 Å². The highest BCUT2D eigenvalue weighted by atomic mass is 32.2. The lowest BCUT2D eigenvalue weighted by molar-refractivity contribution is 0.218. The molecule has 0 fully saturated rings. The van der Waals surface area contributed by atoms with Gasteiger partial charge in [0.25, 0.3) is 0 Å². The van der Waals surface area contributed by atoms with Crippen molar-refractivity contribution in [1.29, 1.82) is 0 Å². The zero-order valence-corrected chi connectivity index (χ0v) is 11.5. The van der Waals surface area contributed by atoms with E-state index in [1.54, 1.807) is 18.9 Å². The van der Waals surface area contributed by atoms with E-state index in [0.29, 0.717) is 6.61 Å². The predicted octanol–water partition coefficient (Wildman–Crippen LogP) is 2.67. The maximum Gasteiger partial charge on any atom is 0.170 e. The molecule has 5 heteroatoms. The Hall–Kier alpha value is -1.72. The highest BCUT2D eigenvalue weighted by Gasteiger charge is 2.09. The maximum absolute atomic E-state index is 8.83. The summed E-state index contributed by atoms with van der Waals surface area (Å²) in [4.78, 5) is 1.17. The van der Waals surface area contributed by atoms with Gasteiger partial charge in [-0.3, -0.25) is 0 Å². The molecule has 0 heterocycles. The van der Waals surface area contributed by atoms with Crippen LogP contribution in [-0.2, 0) is 4.74 Å². The lowest BCUT2D eigenvalue weighted by Gasteiger charge is -2.10. The topological polar surface area (TPSA) is 67.8 Å². The number of ether oxygens (including phenoxy) is 1. The number of methoxy groups -OCH3 is 1. The Balaban J connectivity index is 2.46. The molecule has 3 N–H and O–H groups in total. The van der Waals surface area contributed by atoms with Gasteiger partial charge >= 0.3 is 0 Å². The number of rotatable bonds is 5. The Morgan fingerprint density at radius 1 is 1.26 bits per heavy atom. The van der Waals surface area contributed by atoms with E-state index in [1.165, 1.54) is 4.90 Å². The van der Waals surface area contributed by atoms with Crippen LogP contribution in [0.15, 0.2) is 46.4 Å². The van der Waals surface area contributed by atoms with Gasteiger partial charge in [0.05, 0.1) is 6.61 Å². The first-order valence-electron chi connectivity index (χ1n) is 5.89. The zero-order valence-electron chi connectivity index (χ0n) is 10.7. The third kappa shape index (κ3) is 3.00. The molecule has 0 aliphatic rings. The van der Waals surface area contributed by atoms with Gasteiger partial charge in [-0.15, -0.1) is 11.8 Å². The van der Waals surface area contributed by atoms with Crippen molar-refractivity contribution in [3.63, 3.8) is 0 Å². The number of hydrogen-bond acceptors (Lipinski definition) is 4. The summed E-state index contributed by atoms with van der Waals surface area (Å²) in [6.07, 6.45) is 0. The molecule has 0 saturated carbocycles. The lowest BCUT2D eigenvalue weighted by Crippen LogP contribution is -2.13. The second-order valence-corrected chi connectivity index (χ2v) is 5.12. The Kier molecular flexibility index (Phi) is 4.65. The van der Waals surface area contributed by atoms with Gasteiger partial charge in [-0.1, -0.05) is 29.4 Å². The predicted molar refractivity (Wildman–Crippen MR) is 79.1 cm³/mol. The summed E-state index contributed by atoms with van der Waals surface area (Å²) in [5, 5.41) is 14.0. The molecule has 4 nitrogen and oxygen atoms in total. The Labute approximate surface area is 116 Å². The lowest BCUT2D eigenvalue weighted by atomic mass is 10.0. The van der Waals surface area contributed by atoms with Crippen LogP contribution in [-0.4, -0.2) is 30.5 Å². The number of fused-ring (bicyclic) bond motifs is 1. The minimum absolute atomic E-state index is 0.129. The third-order valence-electron chi connectivity index (χ3n) is 2.81. The fourth-order valence-electron chi connectivity index (χ4n) is 1.91. The van der Waals surface area contributed by atoms with Gasteiger partial charge in [-0.2, -0.15) is 0 Å². The standard InChI is InChI=1S/C14H16N2O2S/c1-18-8-9-19-13-7-6-12(14(15)16-17)10-4-2-3-5-11(10)13/h2-7,17H,8-9H2,1H3,(H2,15,16). The second kappa shape index (κ2) is 6.45. The molecule has 100 valence electrons. The highest BCUT2D eigenvalue weighted by molar-refractivity contribution is 7.99. The van der Waals surface area contributed by atoms with Crippen molar-refractivity contribution in [3.05, 3.63) is 42.0 Å². The summed E-state index contributed by atoms with van der Waals surface area (Å²) in [6, 6.07) is 11.8. The van der Waals surface area contributed by atoms with E-state index in [4.69, 9.17) is 15.7 Å². The molecule has 0 unspecified atom stereocenters. The van der Waals surface area contributed by atoms with Crippen LogP contribution in [0.5, 0.6) is 0 Å². The zero-order chi connectivity index (χ0) is 13.7. The summed E-state index contributed by atoms with van der Waals surface area (Å²) < 4.78 is 5.06. The molecule has 0 radical (unpaired) electrons. The van der Waals surface area contributed by atoms with Crippen molar-refractivity contribution in [2.75, 3.05) is 19.5 Å². The van der Waals surface area contributed by atoms with E-state index >= 15 is 0 Å². The van der Waals surface area contributed by atoms with Gasteiger partial charge in [0.15, 0.2) is 5.84 Å². The Bertz CT molecular complexity index is 599. The van der Waals surface area contributed by atoms with Crippen LogP contribution in [0.25, 0.3) is 10.8 Å². The molecular formula is C14H16N2O2S. The van der Waals surface area contributed by atoms with Crippen molar-refractivity contribution in [2.45, 2.75) is 4.90 Å². The van der Waals surface area contributed by atoms with E-state index in [9.17, 15) is 0 Å². The number of oxime groups is 1. The van der Waals surface area contributed by atoms with Crippen LogP contribution < -0.4 is 5.73 Å². The van der Waals surface area contributed by atoms with Crippen molar-refractivity contribution < 1.29 is 9.94 Å². The van der Waals surface area contributed by atoms with E-state index in [-0.39, 0.29) is 5.84 Å². The number of amidine groups is 1. The number of benzene rings is 2. The van der Waals surface area contributed by atoms with Gasteiger partial charge in [-0.25, -0.2) is 0 Å². The molecule has 0 bridgehead atoms. The minimum atomic E-state index is 0.129. The van der Waals surface area contributed by atoms with Gasteiger partial charge < -0.3 is 15.7 Å². The molecule has 0 spiro atoms. The summed E-state index contributed by atoms with van der Waals surface area (Å²) in [5.41, 5.74) is 6.45. The quantitative estimate of drug-likeness (QED) is 0.220. The van der Waals surface area contributed by atoms with E-state index < -0.39 is 0 Å². The van der Waals surface area contributed by atoms with E-state index in [2.05, 4.69) is 5.16 Å². The molecular weight excluding hydrogens is 260 g/mol. The van der Waals surface area contributed by atoms with Gasteiger partial charge in [0, 0.05) is 23.3 Å². The fourth-order valence-corrected chi connectivity index (χ4v) is 2.88. The van der Waals surface area contributed by atoms with Crippen LogP contribution in [0.4, 0.5) is 0 Å². The first-order chi connectivity index (χ1) is 9.27. The highest BCUT2D eigenvalue weighted by Crippen LogP contribution is 2.30. The van der Waals surface area contributed by atoms with Crippen LogP contribution in [0.2, 0.25) is 0 Å². The molecule has 0 aliphatic carbocycles. The monoisotopic (exact) mass is 276 g/mol. The van der Waals surface area contributed by atoms with Crippen LogP contribution in [0.3, 0.4) is 0 Å². The molecule has 2 aromatic carbocycles. The Morgan fingerprint density at radius 3 is 2.68 bits per heavy atom. The summed E-state index contributed by atoms with van der Waals surface area (Å²) in [6.45, 7) is 0.709. The summed E-state index contributed by atoms with van der Waals surface area (Å²) in [5.74, 6) is 1.02. The molecule has 2 aromatic rings. The molecule has 0 aromatic heterocycles. The summed E-state index contributed by atoms with van der Waals surface area (Å²) in [7, 11) is 1.69. The van der Waals surface area contributed by atoms with E-state index in [0.717, 1.165) is 22.1 Å². The van der Waals surface area contributed by atoms with Crippen LogP contribution in [0.1, 0.15) is 5.56 Å². The van der Waals surface area contributed by atoms with Gasteiger partial charge in [0.2, 0.25) is 0 Å². The molecule has 0 aliphatic heterocycles. The van der Waals surface area contributed by atoms with Crippen LogP contribution in [0, 0.1) is 0 Å². The minimum Gasteiger partial charge on any atom is -0.409 e. The second-order valence-electron chi connectivity index (χ2n) is 3.98. The SMILES string of the molecule is COCCSc1ccc(/C(N)=N/O)c2ccccc12. The molecule has 19 heavy (non-hydrogen) atoms. The third-order valence-corrected chi connectivity index (χ3v) is 3.85. The van der Waals surface area contributed by atoms with Crippen LogP contribution >= 0.6 is 11.8 Å². The first-order valence-corrected chi connectivity index (χ1v) is 6.88. The molecule has 0 amide bonds. The maximum atomic E-state index is 8.83. The number of nitrogens with zero attached hydrogens (tertiary/aromatic N) is 1. The number of nitrogens with two attached hydrogens (primary N) is 1. The van der Waals surface area contributed by atoms with Crippen molar-refractivity contribution in [2.24, 2.45) is 10.9 Å². The van der Waals surface area contributed by atoms with Crippen molar-refractivity contribution in [3.8, 4) is 0 Å². The largest absolute Gasteiger partial charge is 0.409 e. The average Bonchev–Trinajstić information content (AvgIpc) is 2.47. The number of thioether (sulfide) groups is 1. The normalized spacial score (nSPS) is 11.9. The van der Waals surface area contributed by atoms with Gasteiger partial charge in [0.1, 0.15) is 0 Å².